The topological polar surface area (TPSA) is 20.2 Å². The number of aryl methyl sites for hydroxylation is 1. The summed E-state index contributed by atoms with van der Waals surface area (Å²) in [5.41, 5.74) is 0.238. The van der Waals surface area contributed by atoms with Crippen LogP contribution >= 0.6 is 0 Å². The SMILES string of the molecule is Cc1cc(C(F)(F)F)cc(O)c1C(C)C. The Balaban J connectivity index is 3.32. The second-order valence-corrected chi connectivity index (χ2v) is 3.88. The molecule has 1 aromatic rings. The fraction of sp³-hybridized carbons (Fsp3) is 0.455. The molecule has 0 atom stereocenters. The fourth-order valence-electron chi connectivity index (χ4n) is 1.69. The van der Waals surface area contributed by atoms with E-state index in [1.165, 1.54) is 0 Å². The number of hydrogen-bond donors (Lipinski definition) is 1. The molecule has 0 fully saturated rings. The third-order valence-corrected chi connectivity index (χ3v) is 2.27. The van der Waals surface area contributed by atoms with E-state index < -0.39 is 11.7 Å². The maximum absolute atomic E-state index is 12.4. The molecule has 0 aliphatic rings. The largest absolute Gasteiger partial charge is 0.508 e. The molecule has 0 aliphatic carbocycles. The Morgan fingerprint density at radius 2 is 1.73 bits per heavy atom. The second-order valence-electron chi connectivity index (χ2n) is 3.88. The number of phenols is 1. The zero-order valence-electron chi connectivity index (χ0n) is 8.81. The summed E-state index contributed by atoms with van der Waals surface area (Å²) < 4.78 is 37.1. The van der Waals surface area contributed by atoms with Gasteiger partial charge in [0.2, 0.25) is 0 Å². The van der Waals surface area contributed by atoms with Crippen LogP contribution in [0.2, 0.25) is 0 Å². The maximum atomic E-state index is 12.4. The average Bonchev–Trinajstić information content (AvgIpc) is 1.99. The van der Waals surface area contributed by atoms with E-state index in [-0.39, 0.29) is 11.7 Å². The van der Waals surface area contributed by atoms with Crippen LogP contribution in [0.1, 0.15) is 36.5 Å². The van der Waals surface area contributed by atoms with Gasteiger partial charge in [-0.15, -0.1) is 0 Å². The third-order valence-electron chi connectivity index (χ3n) is 2.27. The van der Waals surface area contributed by atoms with Crippen LogP contribution in [-0.4, -0.2) is 5.11 Å². The van der Waals surface area contributed by atoms with Crippen LogP contribution in [0.3, 0.4) is 0 Å². The molecule has 84 valence electrons. The number of rotatable bonds is 1. The van der Waals surface area contributed by atoms with Crippen molar-refractivity contribution in [1.82, 2.24) is 0 Å². The maximum Gasteiger partial charge on any atom is 0.416 e. The van der Waals surface area contributed by atoms with Crippen molar-refractivity contribution in [2.75, 3.05) is 0 Å². The first-order valence-electron chi connectivity index (χ1n) is 4.64. The van der Waals surface area contributed by atoms with E-state index in [4.69, 9.17) is 0 Å². The Bertz CT molecular complexity index is 344. The molecule has 0 amide bonds. The molecule has 0 spiro atoms. The first-order valence-corrected chi connectivity index (χ1v) is 4.64. The van der Waals surface area contributed by atoms with Crippen molar-refractivity contribution in [3.63, 3.8) is 0 Å². The van der Waals surface area contributed by atoms with Gasteiger partial charge in [-0.3, -0.25) is 0 Å². The van der Waals surface area contributed by atoms with Gasteiger partial charge >= 0.3 is 6.18 Å². The quantitative estimate of drug-likeness (QED) is 0.759. The molecule has 1 N–H and O–H groups in total. The Morgan fingerprint density at radius 1 is 1.20 bits per heavy atom. The van der Waals surface area contributed by atoms with E-state index in [9.17, 15) is 18.3 Å². The van der Waals surface area contributed by atoms with Crippen molar-refractivity contribution in [3.8, 4) is 5.75 Å². The second kappa shape index (κ2) is 3.76. The van der Waals surface area contributed by atoms with Gasteiger partial charge in [0.25, 0.3) is 0 Å². The van der Waals surface area contributed by atoms with Gasteiger partial charge in [0.15, 0.2) is 0 Å². The normalized spacial score (nSPS) is 12.2. The standard InChI is InChI=1S/C11H13F3O/c1-6(2)10-7(3)4-8(5-9(10)15)11(12,13)14/h4-6,15H,1-3H3. The molecular formula is C11H13F3O. The number of benzene rings is 1. The van der Waals surface area contributed by atoms with Gasteiger partial charge in [0.05, 0.1) is 5.56 Å². The van der Waals surface area contributed by atoms with Crippen molar-refractivity contribution in [1.29, 1.82) is 0 Å². The minimum Gasteiger partial charge on any atom is -0.508 e. The molecule has 4 heteroatoms. The highest BCUT2D eigenvalue weighted by Crippen LogP contribution is 2.36. The highest BCUT2D eigenvalue weighted by molar-refractivity contribution is 5.45. The summed E-state index contributed by atoms with van der Waals surface area (Å²) in [4.78, 5) is 0. The lowest BCUT2D eigenvalue weighted by atomic mass is 9.95. The van der Waals surface area contributed by atoms with Gasteiger partial charge in [0.1, 0.15) is 5.75 Å². The molecule has 0 heterocycles. The molecule has 15 heavy (non-hydrogen) atoms. The van der Waals surface area contributed by atoms with Crippen LogP contribution in [-0.2, 0) is 6.18 Å². The Morgan fingerprint density at radius 3 is 2.07 bits per heavy atom. The molecule has 0 saturated carbocycles. The van der Waals surface area contributed by atoms with Crippen molar-refractivity contribution in [2.24, 2.45) is 0 Å². The summed E-state index contributed by atoms with van der Waals surface area (Å²) >= 11 is 0. The highest BCUT2D eigenvalue weighted by atomic mass is 19.4. The van der Waals surface area contributed by atoms with Gasteiger partial charge in [-0.05, 0) is 36.1 Å². The Labute approximate surface area is 86.5 Å². The van der Waals surface area contributed by atoms with Crippen LogP contribution < -0.4 is 0 Å². The lowest BCUT2D eigenvalue weighted by molar-refractivity contribution is -0.137. The highest BCUT2D eigenvalue weighted by Gasteiger charge is 2.32. The van der Waals surface area contributed by atoms with Crippen LogP contribution in [0, 0.1) is 6.92 Å². The minimum absolute atomic E-state index is 0.00674. The lowest BCUT2D eigenvalue weighted by Crippen LogP contribution is -2.06. The fourth-order valence-corrected chi connectivity index (χ4v) is 1.69. The summed E-state index contributed by atoms with van der Waals surface area (Å²) in [6.45, 7) is 5.23. The van der Waals surface area contributed by atoms with E-state index in [0.29, 0.717) is 11.1 Å². The molecule has 1 rings (SSSR count). The van der Waals surface area contributed by atoms with Crippen LogP contribution in [0.15, 0.2) is 12.1 Å². The number of alkyl halides is 3. The predicted molar refractivity (Wildman–Crippen MR) is 51.9 cm³/mol. The minimum atomic E-state index is -4.41. The van der Waals surface area contributed by atoms with Crippen molar-refractivity contribution >= 4 is 0 Å². The van der Waals surface area contributed by atoms with Gasteiger partial charge in [0, 0.05) is 0 Å². The first-order chi connectivity index (χ1) is 6.73. The Kier molecular flexibility index (Phi) is 2.98. The molecule has 0 aromatic heterocycles. The van der Waals surface area contributed by atoms with Gasteiger partial charge in [-0.25, -0.2) is 0 Å². The smallest absolute Gasteiger partial charge is 0.416 e. The van der Waals surface area contributed by atoms with E-state index in [1.54, 1.807) is 6.92 Å². The van der Waals surface area contributed by atoms with E-state index in [1.807, 2.05) is 13.8 Å². The third kappa shape index (κ3) is 2.43. The van der Waals surface area contributed by atoms with Gasteiger partial charge < -0.3 is 5.11 Å². The molecule has 1 aromatic carbocycles. The summed E-state index contributed by atoms with van der Waals surface area (Å²) in [6, 6.07) is 1.84. The zero-order valence-corrected chi connectivity index (χ0v) is 8.81. The van der Waals surface area contributed by atoms with Crippen LogP contribution in [0.5, 0.6) is 5.75 Å². The summed E-state index contributed by atoms with van der Waals surface area (Å²) in [5.74, 6) is -0.274. The average molecular weight is 218 g/mol. The van der Waals surface area contributed by atoms with Crippen molar-refractivity contribution < 1.29 is 18.3 Å². The molecule has 0 aliphatic heterocycles. The lowest BCUT2D eigenvalue weighted by Gasteiger charge is -2.15. The van der Waals surface area contributed by atoms with Crippen LogP contribution in [0.4, 0.5) is 13.2 Å². The van der Waals surface area contributed by atoms with Crippen LogP contribution in [0.25, 0.3) is 0 Å². The first kappa shape index (κ1) is 11.9. The molecule has 0 unspecified atom stereocenters. The number of phenolic OH excluding ortho intramolecular Hbond substituents is 1. The van der Waals surface area contributed by atoms with E-state index in [2.05, 4.69) is 0 Å². The van der Waals surface area contributed by atoms with Gasteiger partial charge in [-0.2, -0.15) is 13.2 Å². The summed E-state index contributed by atoms with van der Waals surface area (Å²) in [7, 11) is 0. The van der Waals surface area contributed by atoms with Crippen molar-refractivity contribution in [3.05, 3.63) is 28.8 Å². The molecular weight excluding hydrogens is 205 g/mol. The monoisotopic (exact) mass is 218 g/mol. The molecule has 0 bridgehead atoms. The Hall–Kier alpha value is -1.19. The number of halogens is 3. The zero-order chi connectivity index (χ0) is 11.8. The van der Waals surface area contributed by atoms with E-state index >= 15 is 0 Å². The van der Waals surface area contributed by atoms with Gasteiger partial charge in [-0.1, -0.05) is 13.8 Å². The number of hydrogen-bond acceptors (Lipinski definition) is 1. The molecule has 1 nitrogen and oxygen atoms in total. The molecule has 0 radical (unpaired) electrons. The van der Waals surface area contributed by atoms with Crippen molar-refractivity contribution in [2.45, 2.75) is 32.9 Å². The van der Waals surface area contributed by atoms with E-state index in [0.717, 1.165) is 12.1 Å². The summed E-state index contributed by atoms with van der Waals surface area (Å²) in [5, 5.41) is 9.51. The molecule has 0 saturated heterocycles. The summed E-state index contributed by atoms with van der Waals surface area (Å²) in [6.07, 6.45) is -4.41. The number of aromatic hydroxyl groups is 1. The predicted octanol–water partition coefficient (Wildman–Crippen LogP) is 3.84.